The van der Waals surface area contributed by atoms with Crippen LogP contribution in [0.4, 0.5) is 0 Å². The molecule has 0 bridgehead atoms. The van der Waals surface area contributed by atoms with Crippen molar-refractivity contribution in [1.82, 2.24) is 4.90 Å². The van der Waals surface area contributed by atoms with Crippen LogP contribution in [-0.4, -0.2) is 49.0 Å². The van der Waals surface area contributed by atoms with Crippen molar-refractivity contribution in [2.75, 3.05) is 26.7 Å². The molecule has 98 valence electrons. The van der Waals surface area contributed by atoms with Gasteiger partial charge >= 0.3 is 0 Å². The van der Waals surface area contributed by atoms with Crippen molar-refractivity contribution in [2.45, 2.75) is 32.5 Å². The van der Waals surface area contributed by atoms with E-state index in [4.69, 9.17) is 4.74 Å². The Balaban J connectivity index is 2.13. The normalized spacial score (nSPS) is 13.5. The topological polar surface area (TPSA) is 32.7 Å². The molecule has 0 saturated heterocycles. The average molecular weight is 257 g/mol. The highest BCUT2D eigenvalue weighted by atomic mass is 32.1. The molecule has 3 nitrogen and oxygen atoms in total. The van der Waals surface area contributed by atoms with Crippen LogP contribution in [0.25, 0.3) is 0 Å². The van der Waals surface area contributed by atoms with Crippen LogP contribution in [0.1, 0.15) is 18.7 Å². The Hall–Kier alpha value is -0.420. The number of thiophene rings is 1. The van der Waals surface area contributed by atoms with Crippen LogP contribution in [0, 0.1) is 0 Å². The third-order valence-corrected chi connectivity index (χ3v) is 3.40. The fourth-order valence-corrected chi connectivity index (χ4v) is 2.26. The zero-order chi connectivity index (χ0) is 12.7. The molecular weight excluding hydrogens is 234 g/mol. The zero-order valence-corrected chi connectivity index (χ0v) is 11.7. The second kappa shape index (κ2) is 7.82. The Labute approximate surface area is 108 Å². The number of nitrogens with zero attached hydrogens (tertiary/aromatic N) is 1. The number of ether oxygens (including phenoxy) is 1. The lowest BCUT2D eigenvalue weighted by atomic mass is 10.3. The van der Waals surface area contributed by atoms with Gasteiger partial charge in [0, 0.05) is 18.0 Å². The largest absolute Gasteiger partial charge is 0.389 e. The number of hydrogen-bond acceptors (Lipinski definition) is 4. The number of aliphatic hydroxyl groups is 1. The first-order valence-electron chi connectivity index (χ1n) is 6.08. The highest BCUT2D eigenvalue weighted by Crippen LogP contribution is 2.09. The fourth-order valence-electron chi connectivity index (χ4n) is 1.56. The van der Waals surface area contributed by atoms with Gasteiger partial charge in [0.05, 0.1) is 18.8 Å². The summed E-state index contributed by atoms with van der Waals surface area (Å²) in [4.78, 5) is 3.54. The summed E-state index contributed by atoms with van der Waals surface area (Å²) < 4.78 is 5.38. The minimum absolute atomic E-state index is 0.182. The van der Waals surface area contributed by atoms with E-state index in [2.05, 4.69) is 22.4 Å². The van der Waals surface area contributed by atoms with Crippen LogP contribution in [-0.2, 0) is 11.2 Å². The number of aliphatic hydroxyl groups excluding tert-OH is 1. The Bertz CT molecular complexity index is 288. The quantitative estimate of drug-likeness (QED) is 0.773. The minimum Gasteiger partial charge on any atom is -0.389 e. The van der Waals surface area contributed by atoms with Crippen LogP contribution >= 0.6 is 11.3 Å². The van der Waals surface area contributed by atoms with E-state index in [0.29, 0.717) is 13.2 Å². The molecule has 0 aliphatic carbocycles. The van der Waals surface area contributed by atoms with Gasteiger partial charge in [-0.05, 0) is 38.8 Å². The smallest absolute Gasteiger partial charge is 0.0900 e. The lowest BCUT2D eigenvalue weighted by Crippen LogP contribution is -2.34. The van der Waals surface area contributed by atoms with E-state index in [0.717, 1.165) is 13.0 Å². The van der Waals surface area contributed by atoms with Crippen LogP contribution in [0.3, 0.4) is 0 Å². The Morgan fingerprint density at radius 2 is 2.24 bits per heavy atom. The number of hydrogen-bond donors (Lipinski definition) is 1. The first kappa shape index (κ1) is 14.6. The molecule has 1 aromatic rings. The lowest BCUT2D eigenvalue weighted by molar-refractivity contribution is -0.00540. The molecule has 0 radical (unpaired) electrons. The van der Waals surface area contributed by atoms with Crippen LogP contribution < -0.4 is 0 Å². The number of rotatable bonds is 8. The van der Waals surface area contributed by atoms with Crippen LogP contribution in [0.5, 0.6) is 0 Å². The predicted molar refractivity (Wildman–Crippen MR) is 72.6 cm³/mol. The minimum atomic E-state index is -0.397. The second-order valence-electron chi connectivity index (χ2n) is 4.63. The highest BCUT2D eigenvalue weighted by molar-refractivity contribution is 7.09. The summed E-state index contributed by atoms with van der Waals surface area (Å²) in [6.45, 7) is 6.01. The monoisotopic (exact) mass is 257 g/mol. The summed E-state index contributed by atoms with van der Waals surface area (Å²) in [6.07, 6.45) is 0.832. The molecule has 0 aromatic carbocycles. The van der Waals surface area contributed by atoms with Gasteiger partial charge < -0.3 is 14.7 Å². The van der Waals surface area contributed by atoms with E-state index in [-0.39, 0.29) is 6.10 Å². The van der Waals surface area contributed by atoms with Crippen molar-refractivity contribution >= 4 is 11.3 Å². The molecule has 0 spiro atoms. The van der Waals surface area contributed by atoms with Gasteiger partial charge in [-0.3, -0.25) is 0 Å². The Morgan fingerprint density at radius 3 is 2.82 bits per heavy atom. The van der Waals surface area contributed by atoms with Gasteiger partial charge in [0.15, 0.2) is 0 Å². The molecular formula is C13H23NO2S. The molecule has 0 saturated carbocycles. The molecule has 1 N–H and O–H groups in total. The van der Waals surface area contributed by atoms with Crippen molar-refractivity contribution in [1.29, 1.82) is 0 Å². The predicted octanol–water partition coefficient (Wildman–Crippen LogP) is 2.01. The van der Waals surface area contributed by atoms with Crippen LogP contribution in [0.15, 0.2) is 17.5 Å². The molecule has 1 aromatic heterocycles. The van der Waals surface area contributed by atoms with E-state index < -0.39 is 6.10 Å². The molecule has 1 heterocycles. The van der Waals surface area contributed by atoms with Crippen molar-refractivity contribution in [3.63, 3.8) is 0 Å². The van der Waals surface area contributed by atoms with Gasteiger partial charge in [-0.2, -0.15) is 0 Å². The fraction of sp³-hybridized carbons (Fsp3) is 0.692. The molecule has 0 aliphatic rings. The number of likely N-dealkylation sites (N-methyl/N-ethyl adjacent to an activating group) is 1. The van der Waals surface area contributed by atoms with Gasteiger partial charge in [0.1, 0.15) is 0 Å². The lowest BCUT2D eigenvalue weighted by Gasteiger charge is -2.21. The molecule has 0 amide bonds. The van der Waals surface area contributed by atoms with E-state index in [1.54, 1.807) is 11.3 Å². The second-order valence-corrected chi connectivity index (χ2v) is 5.66. The third-order valence-electron chi connectivity index (χ3n) is 2.46. The van der Waals surface area contributed by atoms with Gasteiger partial charge in [-0.15, -0.1) is 11.3 Å². The van der Waals surface area contributed by atoms with Crippen molar-refractivity contribution in [2.24, 2.45) is 0 Å². The summed E-state index contributed by atoms with van der Waals surface area (Å²) in [5.41, 5.74) is 0. The first-order chi connectivity index (χ1) is 8.08. The van der Waals surface area contributed by atoms with E-state index in [1.165, 1.54) is 4.88 Å². The molecule has 1 rings (SSSR count). The van der Waals surface area contributed by atoms with Crippen LogP contribution in [0.2, 0.25) is 0 Å². The average Bonchev–Trinajstić information content (AvgIpc) is 2.76. The molecule has 1 unspecified atom stereocenters. The van der Waals surface area contributed by atoms with Gasteiger partial charge in [-0.25, -0.2) is 0 Å². The summed E-state index contributed by atoms with van der Waals surface area (Å²) in [7, 11) is 2.03. The Kier molecular flexibility index (Phi) is 6.73. The molecule has 17 heavy (non-hydrogen) atoms. The van der Waals surface area contributed by atoms with Gasteiger partial charge in [0.25, 0.3) is 0 Å². The van der Waals surface area contributed by atoms with Crippen molar-refractivity contribution in [3.8, 4) is 0 Å². The first-order valence-corrected chi connectivity index (χ1v) is 6.96. The highest BCUT2D eigenvalue weighted by Gasteiger charge is 2.09. The van der Waals surface area contributed by atoms with Gasteiger partial charge in [-0.1, -0.05) is 6.07 Å². The van der Waals surface area contributed by atoms with Crippen molar-refractivity contribution < 1.29 is 9.84 Å². The maximum Gasteiger partial charge on any atom is 0.0900 e. The zero-order valence-electron chi connectivity index (χ0n) is 10.9. The van der Waals surface area contributed by atoms with E-state index in [1.807, 2.05) is 20.9 Å². The summed E-state index contributed by atoms with van der Waals surface area (Å²) in [5.74, 6) is 0. The van der Waals surface area contributed by atoms with E-state index >= 15 is 0 Å². The summed E-state index contributed by atoms with van der Waals surface area (Å²) >= 11 is 1.78. The maximum atomic E-state index is 9.76. The third kappa shape index (κ3) is 6.78. The maximum absolute atomic E-state index is 9.76. The van der Waals surface area contributed by atoms with Crippen molar-refractivity contribution in [3.05, 3.63) is 22.4 Å². The summed E-state index contributed by atoms with van der Waals surface area (Å²) in [5, 5.41) is 11.9. The molecule has 0 fully saturated rings. The molecule has 1 atom stereocenters. The SMILES string of the molecule is CC(C)OCC(O)CN(C)CCc1cccs1. The van der Waals surface area contributed by atoms with Gasteiger partial charge in [0.2, 0.25) is 0 Å². The standard InChI is InChI=1S/C13H23NO2S/c1-11(2)16-10-12(15)9-14(3)7-6-13-5-4-8-17-13/h4-5,8,11-12,15H,6-7,9-10H2,1-3H3. The molecule has 0 aliphatic heterocycles. The van der Waals surface area contributed by atoms with E-state index in [9.17, 15) is 5.11 Å². The Morgan fingerprint density at radius 1 is 1.47 bits per heavy atom. The summed E-state index contributed by atoms with van der Waals surface area (Å²) in [6, 6.07) is 4.22. The molecule has 4 heteroatoms.